The van der Waals surface area contributed by atoms with Crippen LogP contribution in [0, 0.1) is 0 Å². The average Bonchev–Trinajstić information content (AvgIpc) is 3.41. The van der Waals surface area contributed by atoms with E-state index in [2.05, 4.69) is 20.9 Å². The van der Waals surface area contributed by atoms with Gasteiger partial charge in [0.2, 0.25) is 5.91 Å². The summed E-state index contributed by atoms with van der Waals surface area (Å²) < 4.78 is 3.77. The van der Waals surface area contributed by atoms with E-state index in [0.717, 1.165) is 39.4 Å². The van der Waals surface area contributed by atoms with Crippen LogP contribution in [0.1, 0.15) is 12.1 Å². The van der Waals surface area contributed by atoms with Crippen molar-refractivity contribution < 1.29 is 4.79 Å². The topological polar surface area (TPSA) is 70.8 Å². The molecule has 5 rings (SSSR count). The van der Waals surface area contributed by atoms with Crippen LogP contribution >= 0.6 is 34.4 Å². The standard InChI is InChI=1S/C21H21N5O2S3/c27-18(5-11-30-21-23-16-3-1-2-4-17(16)31-21)25-8-6-24(7-9-25)14-15-13-19(28)26-10-12-29-20(26)22-15/h1-4,10,12-13H,5-9,11,14H2. The maximum absolute atomic E-state index is 12.6. The van der Waals surface area contributed by atoms with Gasteiger partial charge in [-0.25, -0.2) is 9.97 Å². The number of benzene rings is 1. The Hall–Kier alpha value is -2.27. The second-order valence-corrected chi connectivity index (χ2v) is 10.6. The van der Waals surface area contributed by atoms with Crippen LogP contribution < -0.4 is 5.56 Å². The van der Waals surface area contributed by atoms with Crippen LogP contribution in [0.3, 0.4) is 0 Å². The highest BCUT2D eigenvalue weighted by Crippen LogP contribution is 2.29. The number of aromatic nitrogens is 3. The third-order valence-corrected chi connectivity index (χ3v) is 8.22. The van der Waals surface area contributed by atoms with E-state index in [0.29, 0.717) is 26.1 Å². The van der Waals surface area contributed by atoms with Crippen LogP contribution in [0.25, 0.3) is 15.2 Å². The Kier molecular flexibility index (Phi) is 6.04. The Bertz CT molecular complexity index is 1240. The summed E-state index contributed by atoms with van der Waals surface area (Å²) in [4.78, 5) is 38.9. The number of para-hydroxylation sites is 1. The fraction of sp³-hybridized carbons (Fsp3) is 0.333. The molecule has 0 saturated carbocycles. The van der Waals surface area contributed by atoms with Crippen LogP contribution in [-0.2, 0) is 11.3 Å². The molecule has 0 bridgehead atoms. The van der Waals surface area contributed by atoms with E-state index in [9.17, 15) is 9.59 Å². The monoisotopic (exact) mass is 471 g/mol. The first-order valence-corrected chi connectivity index (χ1v) is 12.8. The summed E-state index contributed by atoms with van der Waals surface area (Å²) in [5.74, 6) is 0.942. The van der Waals surface area contributed by atoms with Gasteiger partial charge in [0.15, 0.2) is 9.30 Å². The number of nitrogens with zero attached hydrogens (tertiary/aromatic N) is 5. The van der Waals surface area contributed by atoms with Crippen molar-refractivity contribution in [1.29, 1.82) is 0 Å². The molecule has 3 aromatic heterocycles. The molecule has 10 heteroatoms. The molecule has 1 aliphatic rings. The highest BCUT2D eigenvalue weighted by atomic mass is 32.2. The molecule has 0 atom stereocenters. The minimum absolute atomic E-state index is 0.0410. The number of rotatable bonds is 6. The lowest BCUT2D eigenvalue weighted by Gasteiger charge is -2.34. The fourth-order valence-corrected chi connectivity index (χ4v) is 6.45. The maximum Gasteiger partial charge on any atom is 0.258 e. The van der Waals surface area contributed by atoms with Crippen molar-refractivity contribution in [3.8, 4) is 0 Å². The number of piperazine rings is 1. The molecule has 1 aliphatic heterocycles. The average molecular weight is 472 g/mol. The summed E-state index contributed by atoms with van der Waals surface area (Å²) >= 11 is 4.80. The number of carbonyl (C=O) groups is 1. The van der Waals surface area contributed by atoms with Crippen molar-refractivity contribution in [1.82, 2.24) is 24.2 Å². The van der Waals surface area contributed by atoms with E-state index in [1.54, 1.807) is 39.8 Å². The quantitative estimate of drug-likeness (QED) is 0.402. The van der Waals surface area contributed by atoms with Crippen molar-refractivity contribution in [3.63, 3.8) is 0 Å². The molecule has 0 N–H and O–H groups in total. The van der Waals surface area contributed by atoms with Crippen LogP contribution in [0.2, 0.25) is 0 Å². The molecule has 7 nitrogen and oxygen atoms in total. The Balaban J connectivity index is 1.09. The second kappa shape index (κ2) is 9.07. The number of carbonyl (C=O) groups excluding carboxylic acids is 1. The van der Waals surface area contributed by atoms with Crippen molar-refractivity contribution in [2.45, 2.75) is 17.3 Å². The molecule has 4 heterocycles. The molecule has 1 amide bonds. The second-order valence-electron chi connectivity index (χ2n) is 7.34. The molecule has 160 valence electrons. The predicted molar refractivity (Wildman–Crippen MR) is 126 cm³/mol. The van der Waals surface area contributed by atoms with Gasteiger partial charge in [0, 0.05) is 62.5 Å². The van der Waals surface area contributed by atoms with E-state index < -0.39 is 0 Å². The Morgan fingerprint density at radius 3 is 2.81 bits per heavy atom. The number of thioether (sulfide) groups is 1. The Morgan fingerprint density at radius 2 is 1.97 bits per heavy atom. The Morgan fingerprint density at radius 1 is 1.13 bits per heavy atom. The summed E-state index contributed by atoms with van der Waals surface area (Å²) in [7, 11) is 0. The summed E-state index contributed by atoms with van der Waals surface area (Å²) in [6.45, 7) is 3.65. The smallest absolute Gasteiger partial charge is 0.258 e. The zero-order chi connectivity index (χ0) is 21.2. The minimum atomic E-state index is -0.0410. The maximum atomic E-state index is 12.6. The highest BCUT2D eigenvalue weighted by Gasteiger charge is 2.21. The van der Waals surface area contributed by atoms with Crippen LogP contribution in [0.5, 0.6) is 0 Å². The molecule has 0 aliphatic carbocycles. The van der Waals surface area contributed by atoms with Gasteiger partial charge in [0.1, 0.15) is 0 Å². The van der Waals surface area contributed by atoms with Gasteiger partial charge in [-0.15, -0.1) is 22.7 Å². The first kappa shape index (κ1) is 20.6. The minimum Gasteiger partial charge on any atom is -0.340 e. The van der Waals surface area contributed by atoms with E-state index in [4.69, 9.17) is 0 Å². The number of hydrogen-bond donors (Lipinski definition) is 0. The molecule has 4 aromatic rings. The van der Waals surface area contributed by atoms with E-state index in [1.165, 1.54) is 16.0 Å². The van der Waals surface area contributed by atoms with E-state index in [-0.39, 0.29) is 11.5 Å². The molecule has 1 saturated heterocycles. The number of fused-ring (bicyclic) bond motifs is 2. The number of thiazole rings is 2. The predicted octanol–water partition coefficient (Wildman–Crippen LogP) is 3.19. The number of amides is 1. The molecule has 0 spiro atoms. The third kappa shape index (κ3) is 4.67. The zero-order valence-electron chi connectivity index (χ0n) is 16.8. The zero-order valence-corrected chi connectivity index (χ0v) is 19.2. The van der Waals surface area contributed by atoms with Crippen LogP contribution in [0.15, 0.2) is 51.0 Å². The Labute approximate surface area is 191 Å². The molecular weight excluding hydrogens is 450 g/mol. The van der Waals surface area contributed by atoms with Gasteiger partial charge < -0.3 is 4.90 Å². The van der Waals surface area contributed by atoms with Gasteiger partial charge in [-0.3, -0.25) is 18.9 Å². The SMILES string of the molecule is O=C(CCSc1nc2ccccc2s1)N1CCN(Cc2cc(=O)n3ccsc3n2)CC1. The van der Waals surface area contributed by atoms with Gasteiger partial charge in [0.05, 0.1) is 15.9 Å². The van der Waals surface area contributed by atoms with Crippen LogP contribution in [-0.4, -0.2) is 62.0 Å². The van der Waals surface area contributed by atoms with Gasteiger partial charge in [-0.2, -0.15) is 0 Å². The lowest BCUT2D eigenvalue weighted by molar-refractivity contribution is -0.132. The first-order chi connectivity index (χ1) is 15.2. The summed E-state index contributed by atoms with van der Waals surface area (Å²) in [6.07, 6.45) is 2.27. The molecule has 1 fully saturated rings. The van der Waals surface area contributed by atoms with Crippen LogP contribution in [0.4, 0.5) is 0 Å². The third-order valence-electron chi connectivity index (χ3n) is 5.28. The van der Waals surface area contributed by atoms with Gasteiger partial charge in [-0.1, -0.05) is 23.9 Å². The summed E-state index contributed by atoms with van der Waals surface area (Å²) in [5, 5.41) is 1.87. The lowest BCUT2D eigenvalue weighted by atomic mass is 10.2. The summed E-state index contributed by atoms with van der Waals surface area (Å²) in [6, 6.07) is 9.72. The fourth-order valence-electron chi connectivity index (χ4n) is 3.65. The largest absolute Gasteiger partial charge is 0.340 e. The summed E-state index contributed by atoms with van der Waals surface area (Å²) in [5.41, 5.74) is 1.77. The molecule has 31 heavy (non-hydrogen) atoms. The molecular formula is C21H21N5O2S3. The van der Waals surface area contributed by atoms with Crippen molar-refractivity contribution in [2.24, 2.45) is 0 Å². The highest BCUT2D eigenvalue weighted by molar-refractivity contribution is 8.01. The van der Waals surface area contributed by atoms with E-state index in [1.807, 2.05) is 28.5 Å². The normalized spacial score (nSPS) is 15.2. The first-order valence-electron chi connectivity index (χ1n) is 10.1. The van der Waals surface area contributed by atoms with Gasteiger partial charge in [0.25, 0.3) is 5.56 Å². The van der Waals surface area contributed by atoms with Gasteiger partial charge >= 0.3 is 0 Å². The van der Waals surface area contributed by atoms with Crippen molar-refractivity contribution >= 4 is 55.5 Å². The van der Waals surface area contributed by atoms with E-state index >= 15 is 0 Å². The molecule has 0 unspecified atom stereocenters. The van der Waals surface area contributed by atoms with Crippen molar-refractivity contribution in [3.05, 3.63) is 58.0 Å². The molecule has 1 aromatic carbocycles. The van der Waals surface area contributed by atoms with Crippen molar-refractivity contribution in [2.75, 3.05) is 31.9 Å². The molecule has 0 radical (unpaired) electrons. The number of hydrogen-bond acceptors (Lipinski definition) is 8. The van der Waals surface area contributed by atoms with Gasteiger partial charge in [-0.05, 0) is 12.1 Å². The lowest BCUT2D eigenvalue weighted by Crippen LogP contribution is -2.48.